The molecule has 2 aromatic rings. The molecule has 0 aliphatic rings. The monoisotopic (exact) mass is 501 g/mol. The fourth-order valence-corrected chi connectivity index (χ4v) is 3.76. The average molecular weight is 503 g/mol. The number of hydrazone groups is 1. The van der Waals surface area contributed by atoms with Crippen LogP contribution in [0.1, 0.15) is 11.1 Å². The van der Waals surface area contributed by atoms with Crippen LogP contribution in [0.4, 0.5) is 18.9 Å². The normalized spacial score (nSPS) is 12.2. The largest absolute Gasteiger partial charge is 0.417 e. The highest BCUT2D eigenvalue weighted by molar-refractivity contribution is 7.92. The van der Waals surface area contributed by atoms with E-state index in [1.54, 1.807) is 6.07 Å². The molecular weight excluding hydrogens is 490 g/mol. The van der Waals surface area contributed by atoms with Gasteiger partial charge in [0, 0.05) is 10.6 Å². The lowest BCUT2D eigenvalue weighted by Crippen LogP contribution is -2.39. The lowest BCUT2D eigenvalue weighted by molar-refractivity contribution is -0.137. The summed E-state index contributed by atoms with van der Waals surface area (Å²) < 4.78 is 63.8. The molecule has 0 saturated carbocycles. The van der Waals surface area contributed by atoms with E-state index < -0.39 is 39.2 Å². The Balaban J connectivity index is 2.21. The fraction of sp³-hybridized carbons (Fsp3) is 0.176. The molecule has 30 heavy (non-hydrogen) atoms. The Morgan fingerprint density at radius 3 is 2.37 bits per heavy atom. The molecule has 0 aliphatic heterocycles. The first-order valence-corrected chi connectivity index (χ1v) is 10.9. The fourth-order valence-electron chi connectivity index (χ4n) is 2.23. The summed E-state index contributed by atoms with van der Waals surface area (Å²) in [6, 6.07) is 7.04. The van der Waals surface area contributed by atoms with Gasteiger partial charge in [-0.1, -0.05) is 40.9 Å². The van der Waals surface area contributed by atoms with Crippen LogP contribution in [0, 0.1) is 0 Å². The number of sulfonamides is 1. The van der Waals surface area contributed by atoms with Crippen molar-refractivity contribution in [3.63, 3.8) is 0 Å². The van der Waals surface area contributed by atoms with Crippen molar-refractivity contribution in [3.8, 4) is 0 Å². The molecule has 0 spiro atoms. The van der Waals surface area contributed by atoms with Crippen molar-refractivity contribution in [1.29, 1.82) is 0 Å². The van der Waals surface area contributed by atoms with Crippen molar-refractivity contribution in [2.45, 2.75) is 6.18 Å². The molecular formula is C17H13Cl3F3N3O3S. The third kappa shape index (κ3) is 6.49. The molecule has 0 saturated heterocycles. The smallest absolute Gasteiger partial charge is 0.271 e. The second-order valence-corrected chi connectivity index (χ2v) is 9.05. The van der Waals surface area contributed by atoms with E-state index in [1.165, 1.54) is 18.3 Å². The molecule has 0 heterocycles. The molecule has 2 rings (SSSR count). The van der Waals surface area contributed by atoms with Crippen molar-refractivity contribution >= 4 is 62.6 Å². The summed E-state index contributed by atoms with van der Waals surface area (Å²) in [6.45, 7) is -0.816. The molecule has 0 aliphatic carbocycles. The summed E-state index contributed by atoms with van der Waals surface area (Å²) >= 11 is 17.3. The highest BCUT2D eigenvalue weighted by atomic mass is 35.5. The number of rotatable bonds is 6. The SMILES string of the molecule is CS(=O)(=O)N(CC(=O)N/N=C\c1ccc(Cl)cc1Cl)c1ccc(Cl)c(C(F)(F)F)c1. The molecule has 0 fully saturated rings. The van der Waals surface area contributed by atoms with E-state index in [9.17, 15) is 26.4 Å². The van der Waals surface area contributed by atoms with E-state index in [2.05, 4.69) is 10.5 Å². The predicted molar refractivity (Wildman–Crippen MR) is 111 cm³/mol. The van der Waals surface area contributed by atoms with Crippen LogP contribution in [0.15, 0.2) is 41.5 Å². The lowest BCUT2D eigenvalue weighted by Gasteiger charge is -2.22. The van der Waals surface area contributed by atoms with Crippen LogP contribution in [-0.4, -0.2) is 33.3 Å². The Hall–Kier alpha value is -2.01. The third-order valence-electron chi connectivity index (χ3n) is 3.59. The predicted octanol–water partition coefficient (Wildman–Crippen LogP) is 4.58. The molecule has 2 aromatic carbocycles. The van der Waals surface area contributed by atoms with E-state index >= 15 is 0 Å². The molecule has 162 valence electrons. The Morgan fingerprint density at radius 1 is 1.13 bits per heavy atom. The first-order valence-electron chi connectivity index (χ1n) is 7.90. The summed E-state index contributed by atoms with van der Waals surface area (Å²) in [5.41, 5.74) is 0.900. The molecule has 6 nitrogen and oxygen atoms in total. The first-order chi connectivity index (χ1) is 13.8. The van der Waals surface area contributed by atoms with Gasteiger partial charge in [-0.3, -0.25) is 9.10 Å². The first kappa shape index (κ1) is 24.3. The number of carbonyl (C=O) groups excluding carboxylic acids is 1. The molecule has 0 bridgehead atoms. The van der Waals surface area contributed by atoms with Crippen molar-refractivity contribution < 1.29 is 26.4 Å². The highest BCUT2D eigenvalue weighted by Gasteiger charge is 2.34. The van der Waals surface area contributed by atoms with Gasteiger partial charge in [-0.25, -0.2) is 13.8 Å². The van der Waals surface area contributed by atoms with Gasteiger partial charge in [0.2, 0.25) is 10.0 Å². The topological polar surface area (TPSA) is 78.8 Å². The number of nitrogens with one attached hydrogen (secondary N) is 1. The van der Waals surface area contributed by atoms with Crippen LogP contribution in [0.5, 0.6) is 0 Å². The molecule has 0 unspecified atom stereocenters. The number of hydrogen-bond donors (Lipinski definition) is 1. The van der Waals surface area contributed by atoms with Crippen molar-refractivity contribution in [2.24, 2.45) is 5.10 Å². The molecule has 1 N–H and O–H groups in total. The standard InChI is InChI=1S/C17H13Cl3F3N3O3S/c1-30(28,29)26(12-4-5-14(19)13(7-12)17(21,22)23)9-16(27)25-24-8-10-2-3-11(18)6-15(10)20/h2-8H,9H2,1H3,(H,25,27)/b24-8-. The van der Waals surface area contributed by atoms with E-state index in [1.807, 2.05) is 0 Å². The summed E-state index contributed by atoms with van der Waals surface area (Å²) in [4.78, 5) is 12.1. The second-order valence-electron chi connectivity index (χ2n) is 5.89. The maximum Gasteiger partial charge on any atom is 0.417 e. The number of anilines is 1. The Labute approximate surface area is 185 Å². The van der Waals surface area contributed by atoms with Gasteiger partial charge in [0.25, 0.3) is 5.91 Å². The zero-order valence-electron chi connectivity index (χ0n) is 15.0. The quantitative estimate of drug-likeness (QED) is 0.464. The number of hydrogen-bond acceptors (Lipinski definition) is 4. The Kier molecular flexibility index (Phi) is 7.62. The summed E-state index contributed by atoms with van der Waals surface area (Å²) in [5.74, 6) is -0.898. The van der Waals surface area contributed by atoms with E-state index in [0.29, 0.717) is 21.0 Å². The number of nitrogens with zero attached hydrogens (tertiary/aromatic N) is 2. The number of benzene rings is 2. The number of halogens is 6. The maximum atomic E-state index is 13.1. The second kappa shape index (κ2) is 9.42. The van der Waals surface area contributed by atoms with Crippen LogP contribution >= 0.6 is 34.8 Å². The maximum absolute atomic E-state index is 13.1. The summed E-state index contributed by atoms with van der Waals surface area (Å²) in [6.07, 6.45) is -2.86. The van der Waals surface area contributed by atoms with Gasteiger partial charge in [0.15, 0.2) is 0 Å². The third-order valence-corrected chi connectivity index (χ3v) is 5.62. The molecule has 0 atom stereocenters. The zero-order valence-corrected chi connectivity index (χ0v) is 18.1. The van der Waals surface area contributed by atoms with Crippen molar-refractivity contribution in [3.05, 3.63) is 62.6 Å². The molecule has 0 aromatic heterocycles. The van der Waals surface area contributed by atoms with Crippen LogP contribution in [0.2, 0.25) is 15.1 Å². The minimum atomic E-state index is -4.80. The van der Waals surface area contributed by atoms with Crippen LogP contribution < -0.4 is 9.73 Å². The van der Waals surface area contributed by atoms with Gasteiger partial charge < -0.3 is 0 Å². The van der Waals surface area contributed by atoms with Crippen molar-refractivity contribution in [1.82, 2.24) is 5.43 Å². The average Bonchev–Trinajstić information content (AvgIpc) is 2.60. The molecule has 1 amide bonds. The molecule has 13 heteroatoms. The van der Waals surface area contributed by atoms with Crippen LogP contribution in [0.3, 0.4) is 0 Å². The summed E-state index contributed by atoms with van der Waals surface area (Å²) in [7, 11) is -4.10. The van der Waals surface area contributed by atoms with Gasteiger partial charge in [-0.05, 0) is 30.3 Å². The number of carbonyl (C=O) groups is 1. The Bertz CT molecular complexity index is 1090. The van der Waals surface area contributed by atoms with Gasteiger partial charge in [0.1, 0.15) is 6.54 Å². The van der Waals surface area contributed by atoms with Crippen molar-refractivity contribution in [2.75, 3.05) is 17.1 Å². The van der Waals surface area contributed by atoms with E-state index in [0.717, 1.165) is 18.4 Å². The summed E-state index contributed by atoms with van der Waals surface area (Å²) in [5, 5.41) is 3.71. The van der Waals surface area contributed by atoms with Gasteiger partial charge in [0.05, 0.1) is 33.8 Å². The lowest BCUT2D eigenvalue weighted by atomic mass is 10.2. The Morgan fingerprint density at radius 2 is 1.80 bits per heavy atom. The minimum Gasteiger partial charge on any atom is -0.271 e. The van der Waals surface area contributed by atoms with Crippen LogP contribution in [0.25, 0.3) is 0 Å². The number of alkyl halides is 3. The van der Waals surface area contributed by atoms with Gasteiger partial charge in [-0.15, -0.1) is 0 Å². The van der Waals surface area contributed by atoms with E-state index in [-0.39, 0.29) is 10.7 Å². The van der Waals surface area contributed by atoms with Gasteiger partial charge in [-0.2, -0.15) is 18.3 Å². The highest BCUT2D eigenvalue weighted by Crippen LogP contribution is 2.37. The molecule has 0 radical (unpaired) electrons. The zero-order chi connectivity index (χ0) is 22.7. The minimum absolute atomic E-state index is 0.263. The van der Waals surface area contributed by atoms with Crippen LogP contribution in [-0.2, 0) is 21.0 Å². The number of amides is 1. The van der Waals surface area contributed by atoms with E-state index in [4.69, 9.17) is 34.8 Å². The van der Waals surface area contributed by atoms with Gasteiger partial charge >= 0.3 is 6.18 Å².